The van der Waals surface area contributed by atoms with Gasteiger partial charge in [0.15, 0.2) is 0 Å². The molecule has 0 atom stereocenters. The molecule has 0 spiro atoms. The number of halogens is 2. The number of rotatable bonds is 2. The van der Waals surface area contributed by atoms with Crippen LogP contribution in [0.25, 0.3) is 0 Å². The molecule has 0 unspecified atom stereocenters. The molecule has 2 aromatic heterocycles. The van der Waals surface area contributed by atoms with E-state index in [4.69, 9.17) is 11.6 Å². The Morgan fingerprint density at radius 1 is 1.35 bits per heavy atom. The Balaban J connectivity index is 2.17. The van der Waals surface area contributed by atoms with Crippen LogP contribution in [0.3, 0.4) is 0 Å². The molecule has 0 radical (unpaired) electrons. The van der Waals surface area contributed by atoms with Crippen LogP contribution in [-0.2, 0) is 0 Å². The first-order valence-corrected chi connectivity index (χ1v) is 5.08. The normalized spacial score (nSPS) is 10.0. The number of aromatic nitrogens is 2. The van der Waals surface area contributed by atoms with E-state index in [-0.39, 0.29) is 11.0 Å². The highest BCUT2D eigenvalue weighted by Crippen LogP contribution is 2.10. The van der Waals surface area contributed by atoms with E-state index in [9.17, 15) is 9.18 Å². The van der Waals surface area contributed by atoms with Gasteiger partial charge in [0.05, 0.1) is 0 Å². The summed E-state index contributed by atoms with van der Waals surface area (Å²) in [5, 5.41) is 2.66. The molecular formula is C11H7ClFN3O. The lowest BCUT2D eigenvalue weighted by Gasteiger charge is -2.04. The maximum absolute atomic E-state index is 12.8. The van der Waals surface area contributed by atoms with Crippen LogP contribution in [0.2, 0.25) is 5.15 Å². The van der Waals surface area contributed by atoms with Gasteiger partial charge in [0.25, 0.3) is 5.91 Å². The smallest absolute Gasteiger partial charge is 0.256 e. The zero-order valence-electron chi connectivity index (χ0n) is 8.52. The van der Waals surface area contributed by atoms with Crippen molar-refractivity contribution in [1.82, 2.24) is 9.97 Å². The van der Waals surface area contributed by atoms with Crippen LogP contribution in [0.4, 0.5) is 10.2 Å². The standard InChI is InChI=1S/C11H7ClFN3O/c12-8-6-7(4-5-14-8)11(17)16-10-3-1-2-9(13)15-10/h1-6H,(H,15,16,17). The molecule has 86 valence electrons. The summed E-state index contributed by atoms with van der Waals surface area (Å²) in [6, 6.07) is 7.05. The fourth-order valence-electron chi connectivity index (χ4n) is 1.21. The molecular weight excluding hydrogens is 245 g/mol. The van der Waals surface area contributed by atoms with E-state index in [1.165, 1.54) is 36.5 Å². The largest absolute Gasteiger partial charge is 0.306 e. The van der Waals surface area contributed by atoms with Gasteiger partial charge in [-0.3, -0.25) is 4.79 Å². The molecule has 2 aromatic rings. The van der Waals surface area contributed by atoms with Crippen molar-refractivity contribution in [2.45, 2.75) is 0 Å². The predicted molar refractivity (Wildman–Crippen MR) is 61.4 cm³/mol. The van der Waals surface area contributed by atoms with Gasteiger partial charge in [0.2, 0.25) is 5.95 Å². The summed E-state index contributed by atoms with van der Waals surface area (Å²) in [6.07, 6.45) is 1.41. The van der Waals surface area contributed by atoms with E-state index in [1.807, 2.05) is 0 Å². The second-order valence-corrected chi connectivity index (χ2v) is 3.55. The van der Waals surface area contributed by atoms with Crippen LogP contribution < -0.4 is 5.32 Å². The Bertz CT molecular complexity index is 562. The van der Waals surface area contributed by atoms with Gasteiger partial charge in [0, 0.05) is 11.8 Å². The number of hydrogen-bond donors (Lipinski definition) is 1. The summed E-state index contributed by atoms with van der Waals surface area (Å²) in [7, 11) is 0. The minimum Gasteiger partial charge on any atom is -0.306 e. The number of carbonyl (C=O) groups is 1. The Kier molecular flexibility index (Phi) is 3.30. The lowest BCUT2D eigenvalue weighted by atomic mass is 10.2. The summed E-state index contributed by atoms with van der Waals surface area (Å²) in [5.74, 6) is -0.939. The van der Waals surface area contributed by atoms with Gasteiger partial charge >= 0.3 is 0 Å². The Labute approximate surface area is 101 Å². The van der Waals surface area contributed by atoms with Gasteiger partial charge in [-0.05, 0) is 24.3 Å². The molecule has 2 rings (SSSR count). The number of carbonyl (C=O) groups excluding carboxylic acids is 1. The Morgan fingerprint density at radius 2 is 2.18 bits per heavy atom. The minimum atomic E-state index is -0.657. The maximum atomic E-state index is 12.8. The lowest BCUT2D eigenvalue weighted by molar-refractivity contribution is 0.102. The molecule has 4 nitrogen and oxygen atoms in total. The zero-order valence-corrected chi connectivity index (χ0v) is 9.28. The van der Waals surface area contributed by atoms with Crippen molar-refractivity contribution in [3.8, 4) is 0 Å². The van der Waals surface area contributed by atoms with Gasteiger partial charge in [-0.2, -0.15) is 4.39 Å². The highest BCUT2D eigenvalue weighted by Gasteiger charge is 2.07. The van der Waals surface area contributed by atoms with Crippen LogP contribution in [0.5, 0.6) is 0 Å². The number of hydrogen-bond acceptors (Lipinski definition) is 3. The highest BCUT2D eigenvalue weighted by molar-refractivity contribution is 6.29. The van der Waals surface area contributed by atoms with Crippen molar-refractivity contribution >= 4 is 23.3 Å². The predicted octanol–water partition coefficient (Wildman–Crippen LogP) is 2.52. The van der Waals surface area contributed by atoms with E-state index in [0.29, 0.717) is 5.56 Å². The molecule has 2 heterocycles. The highest BCUT2D eigenvalue weighted by atomic mass is 35.5. The van der Waals surface area contributed by atoms with Crippen LogP contribution in [0.15, 0.2) is 36.5 Å². The van der Waals surface area contributed by atoms with E-state index >= 15 is 0 Å². The summed E-state index contributed by atoms with van der Waals surface area (Å²) in [4.78, 5) is 19.0. The van der Waals surface area contributed by atoms with E-state index in [1.54, 1.807) is 0 Å². The molecule has 0 aliphatic carbocycles. The monoisotopic (exact) mass is 251 g/mol. The molecule has 0 saturated carbocycles. The minimum absolute atomic E-state index is 0.142. The van der Waals surface area contributed by atoms with Gasteiger partial charge < -0.3 is 5.32 Å². The molecule has 0 aliphatic rings. The fourth-order valence-corrected chi connectivity index (χ4v) is 1.38. The number of amides is 1. The lowest BCUT2D eigenvalue weighted by Crippen LogP contribution is -2.13. The Hall–Kier alpha value is -2.01. The number of anilines is 1. The van der Waals surface area contributed by atoms with Gasteiger partial charge in [-0.25, -0.2) is 9.97 Å². The quantitative estimate of drug-likeness (QED) is 0.835. The number of nitrogens with one attached hydrogen (secondary N) is 1. The van der Waals surface area contributed by atoms with E-state index in [2.05, 4.69) is 15.3 Å². The first-order chi connectivity index (χ1) is 8.15. The zero-order chi connectivity index (χ0) is 12.3. The van der Waals surface area contributed by atoms with Crippen molar-refractivity contribution in [1.29, 1.82) is 0 Å². The topological polar surface area (TPSA) is 54.9 Å². The summed E-state index contributed by atoms with van der Waals surface area (Å²) in [5.41, 5.74) is 0.330. The van der Waals surface area contributed by atoms with Gasteiger partial charge in [0.1, 0.15) is 11.0 Å². The molecule has 1 N–H and O–H groups in total. The second kappa shape index (κ2) is 4.88. The third-order valence-corrected chi connectivity index (χ3v) is 2.15. The summed E-state index contributed by atoms with van der Waals surface area (Å²) >= 11 is 5.65. The third-order valence-electron chi connectivity index (χ3n) is 1.95. The molecule has 0 bridgehead atoms. The molecule has 0 fully saturated rings. The van der Waals surface area contributed by atoms with Crippen molar-refractivity contribution in [3.05, 3.63) is 53.2 Å². The fraction of sp³-hybridized carbons (Fsp3) is 0. The van der Waals surface area contributed by atoms with Crippen molar-refractivity contribution in [2.24, 2.45) is 0 Å². The van der Waals surface area contributed by atoms with E-state index < -0.39 is 11.9 Å². The second-order valence-electron chi connectivity index (χ2n) is 3.17. The number of pyridine rings is 2. The molecule has 0 saturated heterocycles. The maximum Gasteiger partial charge on any atom is 0.256 e. The number of nitrogens with zero attached hydrogens (tertiary/aromatic N) is 2. The molecule has 1 amide bonds. The molecule has 0 aliphatic heterocycles. The van der Waals surface area contributed by atoms with Crippen LogP contribution in [-0.4, -0.2) is 15.9 Å². The van der Waals surface area contributed by atoms with Crippen molar-refractivity contribution in [3.63, 3.8) is 0 Å². The van der Waals surface area contributed by atoms with Crippen LogP contribution in [0.1, 0.15) is 10.4 Å². The summed E-state index contributed by atoms with van der Waals surface area (Å²) < 4.78 is 12.8. The molecule has 17 heavy (non-hydrogen) atoms. The first kappa shape index (κ1) is 11.5. The molecule has 0 aromatic carbocycles. The average Bonchev–Trinajstić information content (AvgIpc) is 2.29. The van der Waals surface area contributed by atoms with Gasteiger partial charge in [-0.15, -0.1) is 0 Å². The average molecular weight is 252 g/mol. The van der Waals surface area contributed by atoms with Crippen molar-refractivity contribution in [2.75, 3.05) is 5.32 Å². The summed E-state index contributed by atoms with van der Waals surface area (Å²) in [6.45, 7) is 0. The van der Waals surface area contributed by atoms with E-state index in [0.717, 1.165) is 0 Å². The third kappa shape index (κ3) is 2.98. The SMILES string of the molecule is O=C(Nc1cccc(F)n1)c1ccnc(Cl)c1. The molecule has 6 heteroatoms. The first-order valence-electron chi connectivity index (χ1n) is 4.70. The van der Waals surface area contributed by atoms with Gasteiger partial charge in [-0.1, -0.05) is 17.7 Å². The van der Waals surface area contributed by atoms with Crippen molar-refractivity contribution < 1.29 is 9.18 Å². The van der Waals surface area contributed by atoms with Crippen LogP contribution >= 0.6 is 11.6 Å². The van der Waals surface area contributed by atoms with Crippen LogP contribution in [0, 0.1) is 5.95 Å². The Morgan fingerprint density at radius 3 is 2.88 bits per heavy atom.